The van der Waals surface area contributed by atoms with Crippen LogP contribution in [0, 0.1) is 6.92 Å². The van der Waals surface area contributed by atoms with Gasteiger partial charge in [0, 0.05) is 23.9 Å². The van der Waals surface area contributed by atoms with Gasteiger partial charge in [-0.2, -0.15) is 5.10 Å². The third-order valence-electron chi connectivity index (χ3n) is 4.05. The Kier molecular flexibility index (Phi) is 3.42. The van der Waals surface area contributed by atoms with Crippen LogP contribution < -0.4 is 5.01 Å². The number of nitrogens with zero attached hydrogens (tertiary/aromatic N) is 3. The highest BCUT2D eigenvalue weighted by Gasteiger charge is 2.31. The van der Waals surface area contributed by atoms with Crippen LogP contribution in [-0.4, -0.2) is 10.7 Å². The first-order valence-corrected chi connectivity index (χ1v) is 7.69. The zero-order valence-electron chi connectivity index (χ0n) is 12.9. The number of benzene rings is 1. The molecule has 0 saturated heterocycles. The number of hydrogen-bond donors (Lipinski definition) is 0. The molecule has 4 nitrogen and oxygen atoms in total. The summed E-state index contributed by atoms with van der Waals surface area (Å²) in [6, 6.07) is 18.3. The van der Waals surface area contributed by atoms with E-state index in [4.69, 9.17) is 9.52 Å². The SMILES string of the molecule is Cc1ccc(C2=NN(c3ccccc3)C(c3ccco3)C2)cn1. The number of rotatable bonds is 3. The summed E-state index contributed by atoms with van der Waals surface area (Å²) in [6.07, 6.45) is 4.40. The normalized spacial score (nSPS) is 17.3. The van der Waals surface area contributed by atoms with E-state index in [1.54, 1.807) is 6.26 Å². The van der Waals surface area contributed by atoms with Gasteiger partial charge in [-0.15, -0.1) is 0 Å². The zero-order valence-corrected chi connectivity index (χ0v) is 12.9. The van der Waals surface area contributed by atoms with Crippen LogP contribution in [0.5, 0.6) is 0 Å². The third kappa shape index (κ3) is 2.63. The molecule has 0 N–H and O–H groups in total. The van der Waals surface area contributed by atoms with Gasteiger partial charge in [-0.3, -0.25) is 9.99 Å². The maximum Gasteiger partial charge on any atom is 0.128 e. The molecule has 2 aromatic heterocycles. The summed E-state index contributed by atoms with van der Waals surface area (Å²) >= 11 is 0. The number of anilines is 1. The van der Waals surface area contributed by atoms with Gasteiger partial charge in [0.1, 0.15) is 11.8 Å². The quantitative estimate of drug-likeness (QED) is 0.723. The summed E-state index contributed by atoms with van der Waals surface area (Å²) in [6.45, 7) is 1.99. The van der Waals surface area contributed by atoms with Gasteiger partial charge in [-0.1, -0.05) is 18.2 Å². The molecule has 3 aromatic rings. The van der Waals surface area contributed by atoms with E-state index in [-0.39, 0.29) is 6.04 Å². The standard InChI is InChI=1S/C19H17N3O/c1-14-9-10-15(13-20-14)17-12-18(19-8-5-11-23-19)22(21-17)16-6-3-2-4-7-16/h2-11,13,18H,12H2,1H3. The molecule has 1 aromatic carbocycles. The summed E-state index contributed by atoms with van der Waals surface area (Å²) in [7, 11) is 0. The Hall–Kier alpha value is -2.88. The minimum Gasteiger partial charge on any atom is -0.467 e. The lowest BCUT2D eigenvalue weighted by molar-refractivity contribution is 0.465. The molecule has 1 unspecified atom stereocenters. The summed E-state index contributed by atoms with van der Waals surface area (Å²) < 4.78 is 5.64. The number of aryl methyl sites for hydroxylation is 1. The molecule has 1 atom stereocenters. The first-order chi connectivity index (χ1) is 11.3. The van der Waals surface area contributed by atoms with Gasteiger partial charge >= 0.3 is 0 Å². The van der Waals surface area contributed by atoms with Gasteiger partial charge in [0.05, 0.1) is 17.7 Å². The average Bonchev–Trinajstić information content (AvgIpc) is 3.26. The monoisotopic (exact) mass is 303 g/mol. The molecule has 1 aliphatic rings. The van der Waals surface area contributed by atoms with Crippen molar-refractivity contribution in [3.05, 3.63) is 84.1 Å². The van der Waals surface area contributed by atoms with E-state index in [1.807, 2.05) is 54.5 Å². The maximum absolute atomic E-state index is 5.64. The van der Waals surface area contributed by atoms with Crippen LogP contribution in [0.4, 0.5) is 5.69 Å². The van der Waals surface area contributed by atoms with Crippen molar-refractivity contribution in [3.8, 4) is 0 Å². The van der Waals surface area contributed by atoms with Crippen LogP contribution in [0.2, 0.25) is 0 Å². The van der Waals surface area contributed by atoms with E-state index in [2.05, 4.69) is 23.2 Å². The van der Waals surface area contributed by atoms with Gasteiger partial charge in [0.15, 0.2) is 0 Å². The van der Waals surface area contributed by atoms with Crippen LogP contribution in [0.15, 0.2) is 76.6 Å². The van der Waals surface area contributed by atoms with E-state index < -0.39 is 0 Å². The molecule has 4 rings (SSSR count). The van der Waals surface area contributed by atoms with E-state index in [1.165, 1.54) is 0 Å². The highest BCUT2D eigenvalue weighted by atomic mass is 16.3. The summed E-state index contributed by atoms with van der Waals surface area (Å²) in [5.41, 5.74) is 4.16. The lowest BCUT2D eigenvalue weighted by atomic mass is 10.0. The molecular formula is C19H17N3O. The van der Waals surface area contributed by atoms with Crippen molar-refractivity contribution >= 4 is 11.4 Å². The fourth-order valence-electron chi connectivity index (χ4n) is 2.84. The van der Waals surface area contributed by atoms with Crippen molar-refractivity contribution in [2.75, 3.05) is 5.01 Å². The van der Waals surface area contributed by atoms with E-state index >= 15 is 0 Å². The highest BCUT2D eigenvalue weighted by Crippen LogP contribution is 2.36. The number of hydrazone groups is 1. The molecule has 0 saturated carbocycles. The molecule has 114 valence electrons. The molecule has 23 heavy (non-hydrogen) atoms. The Morgan fingerprint density at radius 3 is 2.61 bits per heavy atom. The molecule has 1 aliphatic heterocycles. The predicted octanol–water partition coefficient (Wildman–Crippen LogP) is 4.34. The Morgan fingerprint density at radius 1 is 1.04 bits per heavy atom. The molecule has 0 spiro atoms. The first-order valence-electron chi connectivity index (χ1n) is 7.69. The fourth-order valence-corrected chi connectivity index (χ4v) is 2.84. The minimum absolute atomic E-state index is 0.0729. The Labute approximate surface area is 135 Å². The lowest BCUT2D eigenvalue weighted by Crippen LogP contribution is -2.17. The molecule has 0 radical (unpaired) electrons. The van der Waals surface area contributed by atoms with Gasteiger partial charge in [-0.05, 0) is 43.3 Å². The lowest BCUT2D eigenvalue weighted by Gasteiger charge is -2.21. The Morgan fingerprint density at radius 2 is 1.91 bits per heavy atom. The second-order valence-electron chi connectivity index (χ2n) is 5.65. The fraction of sp³-hybridized carbons (Fsp3) is 0.158. The van der Waals surface area contributed by atoms with Crippen LogP contribution in [0.3, 0.4) is 0 Å². The number of hydrogen-bond acceptors (Lipinski definition) is 4. The van der Waals surface area contributed by atoms with Crippen molar-refractivity contribution in [1.82, 2.24) is 4.98 Å². The summed E-state index contributed by atoms with van der Waals surface area (Å²) in [5.74, 6) is 0.924. The second kappa shape index (κ2) is 5.72. The van der Waals surface area contributed by atoms with Crippen molar-refractivity contribution in [1.29, 1.82) is 0 Å². The van der Waals surface area contributed by atoms with Gasteiger partial charge in [-0.25, -0.2) is 0 Å². The average molecular weight is 303 g/mol. The Balaban J connectivity index is 1.73. The van der Waals surface area contributed by atoms with Crippen LogP contribution >= 0.6 is 0 Å². The maximum atomic E-state index is 5.64. The number of para-hydroxylation sites is 1. The van der Waals surface area contributed by atoms with E-state index in [0.29, 0.717) is 0 Å². The first kappa shape index (κ1) is 13.8. The summed E-state index contributed by atoms with van der Waals surface area (Å²) in [5, 5.41) is 6.88. The van der Waals surface area contributed by atoms with Crippen LogP contribution in [0.25, 0.3) is 0 Å². The number of aromatic nitrogens is 1. The molecule has 0 amide bonds. The molecule has 0 fully saturated rings. The smallest absolute Gasteiger partial charge is 0.128 e. The number of furan rings is 1. The van der Waals surface area contributed by atoms with Gasteiger partial charge < -0.3 is 4.42 Å². The molecule has 0 bridgehead atoms. The van der Waals surface area contributed by atoms with Gasteiger partial charge in [0.25, 0.3) is 0 Å². The summed E-state index contributed by atoms with van der Waals surface area (Å²) in [4.78, 5) is 4.39. The molecule has 3 heterocycles. The van der Waals surface area contributed by atoms with E-state index in [0.717, 1.165) is 34.8 Å². The highest BCUT2D eigenvalue weighted by molar-refractivity contribution is 6.03. The van der Waals surface area contributed by atoms with Gasteiger partial charge in [0.2, 0.25) is 0 Å². The molecular weight excluding hydrogens is 286 g/mol. The second-order valence-corrected chi connectivity index (χ2v) is 5.65. The predicted molar refractivity (Wildman–Crippen MR) is 90.5 cm³/mol. The number of pyridine rings is 1. The minimum atomic E-state index is 0.0729. The van der Waals surface area contributed by atoms with E-state index in [9.17, 15) is 0 Å². The van der Waals surface area contributed by atoms with Crippen LogP contribution in [0.1, 0.15) is 29.5 Å². The van der Waals surface area contributed by atoms with Crippen molar-refractivity contribution in [3.63, 3.8) is 0 Å². The largest absolute Gasteiger partial charge is 0.467 e. The molecule has 4 heteroatoms. The van der Waals surface area contributed by atoms with Crippen LogP contribution in [-0.2, 0) is 0 Å². The van der Waals surface area contributed by atoms with Crippen molar-refractivity contribution < 1.29 is 4.42 Å². The Bertz CT molecular complexity index is 808. The zero-order chi connectivity index (χ0) is 15.6. The van der Waals surface area contributed by atoms with Crippen molar-refractivity contribution in [2.45, 2.75) is 19.4 Å². The third-order valence-corrected chi connectivity index (χ3v) is 4.05. The molecule has 0 aliphatic carbocycles. The topological polar surface area (TPSA) is 41.6 Å². The van der Waals surface area contributed by atoms with Crippen molar-refractivity contribution in [2.24, 2.45) is 5.10 Å².